The molecule has 0 amide bonds. The molecule has 18 heavy (non-hydrogen) atoms. The van der Waals surface area contributed by atoms with Crippen LogP contribution in [0.25, 0.3) is 0 Å². The van der Waals surface area contributed by atoms with E-state index in [0.29, 0.717) is 0 Å². The number of ether oxygens (including phenoxy) is 1. The lowest BCUT2D eigenvalue weighted by Crippen LogP contribution is -2.23. The summed E-state index contributed by atoms with van der Waals surface area (Å²) in [5, 5.41) is 0. The molecule has 1 aromatic rings. The Hall–Kier alpha value is -1.31. The fraction of sp³-hybridized carbons (Fsp3) is 0.562. The molecule has 2 rings (SSSR count). The van der Waals surface area contributed by atoms with Crippen LogP contribution in [-0.2, 0) is 4.79 Å². The van der Waals surface area contributed by atoms with Gasteiger partial charge in [-0.2, -0.15) is 0 Å². The smallest absolute Gasteiger partial charge is 0.173 e. The zero-order valence-electron chi connectivity index (χ0n) is 11.4. The van der Waals surface area contributed by atoms with Crippen molar-refractivity contribution in [3.63, 3.8) is 0 Å². The minimum atomic E-state index is 0.230. The summed E-state index contributed by atoms with van der Waals surface area (Å²) in [5.41, 5.74) is 2.35. The molecule has 2 heteroatoms. The van der Waals surface area contributed by atoms with E-state index in [2.05, 4.69) is 6.07 Å². The van der Waals surface area contributed by atoms with Gasteiger partial charge in [0.2, 0.25) is 0 Å². The molecule has 1 aliphatic rings. The Bertz CT molecular complexity index is 397. The predicted octanol–water partition coefficient (Wildman–Crippen LogP) is 3.83. The van der Waals surface area contributed by atoms with Gasteiger partial charge in [-0.15, -0.1) is 0 Å². The number of hydrogen-bond donors (Lipinski definition) is 0. The number of rotatable bonds is 4. The lowest BCUT2D eigenvalue weighted by atomic mass is 9.86. The van der Waals surface area contributed by atoms with E-state index in [1.807, 2.05) is 26.0 Å². The molecule has 0 heterocycles. The van der Waals surface area contributed by atoms with Crippen molar-refractivity contribution in [1.29, 1.82) is 0 Å². The molecule has 0 saturated heterocycles. The van der Waals surface area contributed by atoms with E-state index < -0.39 is 0 Å². The Kier molecular flexibility index (Phi) is 4.40. The first-order chi connectivity index (χ1) is 8.65. The maximum atomic E-state index is 12.0. The number of benzene rings is 1. The Labute approximate surface area is 109 Å². The first kappa shape index (κ1) is 13.1. The number of carbonyl (C=O) groups is 1. The zero-order valence-corrected chi connectivity index (χ0v) is 11.4. The summed E-state index contributed by atoms with van der Waals surface area (Å²) < 4.78 is 5.63. The van der Waals surface area contributed by atoms with Gasteiger partial charge in [0.1, 0.15) is 12.4 Å². The number of Topliss-reactive ketones (excluding diaryl/α,β-unsaturated/α-hetero) is 1. The van der Waals surface area contributed by atoms with Gasteiger partial charge in [-0.05, 0) is 49.9 Å². The lowest BCUT2D eigenvalue weighted by Gasteiger charge is -2.20. The van der Waals surface area contributed by atoms with Crippen molar-refractivity contribution in [2.24, 2.45) is 5.92 Å². The van der Waals surface area contributed by atoms with E-state index in [4.69, 9.17) is 4.74 Å². The predicted molar refractivity (Wildman–Crippen MR) is 73.0 cm³/mol. The van der Waals surface area contributed by atoms with E-state index in [-0.39, 0.29) is 18.3 Å². The van der Waals surface area contributed by atoms with E-state index in [1.54, 1.807) is 0 Å². The molecule has 0 aromatic heterocycles. The second kappa shape index (κ2) is 6.03. The first-order valence-corrected chi connectivity index (χ1v) is 6.89. The number of hydrogen-bond acceptors (Lipinski definition) is 2. The van der Waals surface area contributed by atoms with Gasteiger partial charge in [-0.1, -0.05) is 25.3 Å². The minimum Gasteiger partial charge on any atom is -0.486 e. The van der Waals surface area contributed by atoms with E-state index in [9.17, 15) is 4.79 Å². The van der Waals surface area contributed by atoms with Crippen LogP contribution in [0.2, 0.25) is 0 Å². The molecule has 1 saturated carbocycles. The Balaban J connectivity index is 1.88. The van der Waals surface area contributed by atoms with Crippen LogP contribution < -0.4 is 4.74 Å². The Morgan fingerprint density at radius 2 is 1.72 bits per heavy atom. The third-order valence-corrected chi connectivity index (χ3v) is 3.64. The summed E-state index contributed by atoms with van der Waals surface area (Å²) in [5.74, 6) is 1.33. The molecule has 1 aromatic carbocycles. The fourth-order valence-electron chi connectivity index (χ4n) is 2.71. The highest BCUT2D eigenvalue weighted by Crippen LogP contribution is 2.25. The average molecular weight is 246 g/mol. The van der Waals surface area contributed by atoms with Crippen LogP contribution in [-0.4, -0.2) is 12.4 Å². The largest absolute Gasteiger partial charge is 0.486 e. The maximum absolute atomic E-state index is 12.0. The van der Waals surface area contributed by atoms with Crippen LogP contribution in [0.1, 0.15) is 43.2 Å². The van der Waals surface area contributed by atoms with Gasteiger partial charge in [-0.25, -0.2) is 0 Å². The van der Waals surface area contributed by atoms with E-state index in [1.165, 1.54) is 30.4 Å². The molecule has 0 atom stereocenters. The van der Waals surface area contributed by atoms with Gasteiger partial charge in [0.15, 0.2) is 5.78 Å². The summed E-state index contributed by atoms with van der Waals surface area (Å²) >= 11 is 0. The monoisotopic (exact) mass is 246 g/mol. The summed E-state index contributed by atoms with van der Waals surface area (Å²) in [7, 11) is 0. The van der Waals surface area contributed by atoms with Crippen LogP contribution in [0.4, 0.5) is 0 Å². The third kappa shape index (κ3) is 3.59. The summed E-state index contributed by atoms with van der Waals surface area (Å²) in [6, 6.07) is 6.08. The fourth-order valence-corrected chi connectivity index (χ4v) is 2.71. The normalized spacial score (nSPS) is 16.6. The molecule has 0 spiro atoms. The minimum absolute atomic E-state index is 0.230. The van der Waals surface area contributed by atoms with Crippen molar-refractivity contribution < 1.29 is 9.53 Å². The Morgan fingerprint density at radius 1 is 1.11 bits per heavy atom. The number of carbonyl (C=O) groups excluding carboxylic acids is 1. The maximum Gasteiger partial charge on any atom is 0.173 e. The quantitative estimate of drug-likeness (QED) is 0.807. The standard InChI is InChI=1S/C16H22O2/c1-12-8-13(2)10-15(9-12)18-11-16(17)14-6-4-3-5-7-14/h8-10,14H,3-7,11H2,1-2H3. The van der Waals surface area contributed by atoms with Gasteiger partial charge < -0.3 is 4.74 Å². The molecule has 2 nitrogen and oxygen atoms in total. The topological polar surface area (TPSA) is 26.3 Å². The average Bonchev–Trinajstić information content (AvgIpc) is 2.36. The SMILES string of the molecule is Cc1cc(C)cc(OCC(=O)C2CCCCC2)c1. The van der Waals surface area contributed by atoms with Crippen molar-refractivity contribution in [2.45, 2.75) is 46.0 Å². The van der Waals surface area contributed by atoms with Crippen LogP contribution in [0.3, 0.4) is 0 Å². The highest BCUT2D eigenvalue weighted by Gasteiger charge is 2.21. The van der Waals surface area contributed by atoms with E-state index in [0.717, 1.165) is 18.6 Å². The summed E-state index contributed by atoms with van der Waals surface area (Å²) in [4.78, 5) is 12.0. The highest BCUT2D eigenvalue weighted by molar-refractivity contribution is 5.82. The molecular weight excluding hydrogens is 224 g/mol. The van der Waals surface area contributed by atoms with Crippen LogP contribution in [0.5, 0.6) is 5.75 Å². The van der Waals surface area contributed by atoms with Gasteiger partial charge in [0, 0.05) is 5.92 Å². The van der Waals surface area contributed by atoms with Gasteiger partial charge >= 0.3 is 0 Å². The summed E-state index contributed by atoms with van der Waals surface area (Å²) in [6.45, 7) is 4.32. The van der Waals surface area contributed by atoms with Gasteiger partial charge in [0.25, 0.3) is 0 Å². The van der Waals surface area contributed by atoms with Crippen LogP contribution >= 0.6 is 0 Å². The molecule has 0 N–H and O–H groups in total. The molecule has 98 valence electrons. The van der Waals surface area contributed by atoms with Crippen molar-refractivity contribution in [1.82, 2.24) is 0 Å². The van der Waals surface area contributed by atoms with Crippen molar-refractivity contribution >= 4 is 5.78 Å². The molecular formula is C16H22O2. The molecule has 1 fully saturated rings. The molecule has 0 aliphatic heterocycles. The van der Waals surface area contributed by atoms with Crippen molar-refractivity contribution in [3.05, 3.63) is 29.3 Å². The van der Waals surface area contributed by atoms with Crippen molar-refractivity contribution in [3.8, 4) is 5.75 Å². The van der Waals surface area contributed by atoms with Gasteiger partial charge in [0.05, 0.1) is 0 Å². The molecule has 1 aliphatic carbocycles. The number of ketones is 1. The molecule has 0 radical (unpaired) electrons. The highest BCUT2D eigenvalue weighted by atomic mass is 16.5. The summed E-state index contributed by atoms with van der Waals surface area (Å²) in [6.07, 6.45) is 5.77. The van der Waals surface area contributed by atoms with Crippen molar-refractivity contribution in [2.75, 3.05) is 6.61 Å². The zero-order chi connectivity index (χ0) is 13.0. The van der Waals surface area contributed by atoms with Crippen LogP contribution in [0.15, 0.2) is 18.2 Å². The lowest BCUT2D eigenvalue weighted by molar-refractivity contribution is -0.125. The second-order valence-corrected chi connectivity index (χ2v) is 5.41. The van der Waals surface area contributed by atoms with Crippen LogP contribution in [0, 0.1) is 19.8 Å². The number of aryl methyl sites for hydroxylation is 2. The third-order valence-electron chi connectivity index (χ3n) is 3.64. The molecule has 0 unspecified atom stereocenters. The second-order valence-electron chi connectivity index (χ2n) is 5.41. The Morgan fingerprint density at radius 3 is 2.33 bits per heavy atom. The van der Waals surface area contributed by atoms with Gasteiger partial charge in [-0.3, -0.25) is 4.79 Å². The molecule has 0 bridgehead atoms. The first-order valence-electron chi connectivity index (χ1n) is 6.89. The van der Waals surface area contributed by atoms with E-state index >= 15 is 0 Å².